The summed E-state index contributed by atoms with van der Waals surface area (Å²) in [6.45, 7) is 9.57. The number of aromatic nitrogens is 1. The molecule has 10 heteroatoms. The molecule has 9 nitrogen and oxygen atoms in total. The summed E-state index contributed by atoms with van der Waals surface area (Å²) in [7, 11) is 1.60. The summed E-state index contributed by atoms with van der Waals surface area (Å²) in [5.41, 5.74) is 3.86. The van der Waals surface area contributed by atoms with E-state index in [2.05, 4.69) is 15.6 Å². The Morgan fingerprint density at radius 2 is 1.77 bits per heavy atom. The van der Waals surface area contributed by atoms with Crippen LogP contribution in [0.1, 0.15) is 57.4 Å². The van der Waals surface area contributed by atoms with Gasteiger partial charge in [-0.3, -0.25) is 14.4 Å². The second-order valence-electron chi connectivity index (χ2n) is 12.4. The standard InChI is InChI=1S/C33H42N4O5S/c1-21-28(43-20-35-21)24-12-7-23(8-13-24)18-34-31(41)33(5)17-25(38)19-37(33)30(40)29(32(2,3)4)36-27(39)16-11-22-9-14-26(42-6)15-10-22/h7-10,12-15,20,25,29,38H,11,16-19H2,1-6H3,(H,34,41)(H,36,39)/t25-,29-,33?/m1/s1. The first kappa shape index (κ1) is 32.2. The zero-order valence-electron chi connectivity index (χ0n) is 25.8. The Hall–Kier alpha value is -3.76. The molecule has 1 fully saturated rings. The molecule has 3 aromatic rings. The van der Waals surface area contributed by atoms with Crippen molar-refractivity contribution in [2.24, 2.45) is 5.41 Å². The maximum atomic E-state index is 14.0. The van der Waals surface area contributed by atoms with Crippen LogP contribution in [0.4, 0.5) is 0 Å². The minimum Gasteiger partial charge on any atom is -0.497 e. The SMILES string of the molecule is COc1ccc(CCC(=O)N[C@H](C(=O)N2C[C@H](O)CC2(C)C(=O)NCc2ccc(-c3scnc3C)cc2)C(C)(C)C)cc1. The van der Waals surface area contributed by atoms with Crippen LogP contribution < -0.4 is 15.4 Å². The average molecular weight is 607 g/mol. The molecule has 1 aliphatic heterocycles. The fraction of sp³-hybridized carbons (Fsp3) is 0.455. The number of carbonyl (C=O) groups is 3. The van der Waals surface area contributed by atoms with Crippen LogP contribution in [-0.4, -0.2) is 64.1 Å². The monoisotopic (exact) mass is 606 g/mol. The Balaban J connectivity index is 1.41. The number of nitrogens with zero attached hydrogens (tertiary/aromatic N) is 2. The van der Waals surface area contributed by atoms with Crippen molar-refractivity contribution < 1.29 is 24.2 Å². The summed E-state index contributed by atoms with van der Waals surface area (Å²) in [4.78, 5) is 47.4. The van der Waals surface area contributed by atoms with Gasteiger partial charge < -0.3 is 25.4 Å². The van der Waals surface area contributed by atoms with E-state index in [4.69, 9.17) is 4.74 Å². The molecular formula is C33H42N4O5S. The van der Waals surface area contributed by atoms with Gasteiger partial charge in [-0.1, -0.05) is 57.2 Å². The number of hydrogen-bond acceptors (Lipinski definition) is 7. The van der Waals surface area contributed by atoms with Crippen LogP contribution >= 0.6 is 11.3 Å². The normalized spacial score (nSPS) is 19.1. The minimum atomic E-state index is -1.27. The molecule has 3 N–H and O–H groups in total. The molecule has 2 heterocycles. The number of aryl methyl sites for hydroxylation is 2. The molecule has 1 unspecified atom stereocenters. The third-order valence-corrected chi connectivity index (χ3v) is 8.99. The lowest BCUT2D eigenvalue weighted by Crippen LogP contribution is -2.62. The molecule has 0 bridgehead atoms. The average Bonchev–Trinajstić information content (AvgIpc) is 3.55. The maximum absolute atomic E-state index is 14.0. The number of thiazole rings is 1. The number of ether oxygens (including phenoxy) is 1. The summed E-state index contributed by atoms with van der Waals surface area (Å²) in [6, 6.07) is 14.6. The third-order valence-electron chi connectivity index (χ3n) is 8.01. The number of amides is 3. The van der Waals surface area contributed by atoms with Crippen molar-refractivity contribution >= 4 is 29.1 Å². The van der Waals surface area contributed by atoms with Crippen LogP contribution in [0.15, 0.2) is 54.0 Å². The second kappa shape index (κ2) is 13.3. The van der Waals surface area contributed by atoms with Crippen molar-refractivity contribution in [3.05, 3.63) is 70.9 Å². The largest absolute Gasteiger partial charge is 0.497 e. The van der Waals surface area contributed by atoms with Crippen molar-refractivity contribution in [2.45, 2.75) is 78.1 Å². The quantitative estimate of drug-likeness (QED) is 0.317. The van der Waals surface area contributed by atoms with Crippen molar-refractivity contribution in [2.75, 3.05) is 13.7 Å². The van der Waals surface area contributed by atoms with Crippen molar-refractivity contribution in [1.82, 2.24) is 20.5 Å². The van der Waals surface area contributed by atoms with E-state index in [1.165, 1.54) is 4.90 Å². The Kier molecular flexibility index (Phi) is 9.92. The van der Waals surface area contributed by atoms with Gasteiger partial charge in [-0.05, 0) is 54.5 Å². The van der Waals surface area contributed by atoms with Gasteiger partial charge in [0.1, 0.15) is 17.3 Å². The molecule has 0 aliphatic carbocycles. The molecule has 43 heavy (non-hydrogen) atoms. The summed E-state index contributed by atoms with van der Waals surface area (Å²) in [6.07, 6.45) is -0.0356. The highest BCUT2D eigenvalue weighted by molar-refractivity contribution is 7.13. The summed E-state index contributed by atoms with van der Waals surface area (Å²) in [5, 5.41) is 16.5. The molecule has 3 atom stereocenters. The summed E-state index contributed by atoms with van der Waals surface area (Å²) >= 11 is 1.58. The van der Waals surface area contributed by atoms with Gasteiger partial charge in [0, 0.05) is 25.9 Å². The van der Waals surface area contributed by atoms with Gasteiger partial charge in [0.25, 0.3) is 0 Å². The molecule has 0 spiro atoms. The van der Waals surface area contributed by atoms with Crippen molar-refractivity contribution in [3.63, 3.8) is 0 Å². The predicted octanol–water partition coefficient (Wildman–Crippen LogP) is 4.26. The lowest BCUT2D eigenvalue weighted by Gasteiger charge is -2.39. The fourth-order valence-corrected chi connectivity index (χ4v) is 6.22. The van der Waals surface area contributed by atoms with Gasteiger partial charge in [0.05, 0.1) is 29.3 Å². The van der Waals surface area contributed by atoms with E-state index in [0.29, 0.717) is 6.42 Å². The number of methoxy groups -OCH3 is 1. The van der Waals surface area contributed by atoms with Crippen LogP contribution in [-0.2, 0) is 27.3 Å². The minimum absolute atomic E-state index is 0.0138. The summed E-state index contributed by atoms with van der Waals surface area (Å²) in [5.74, 6) is -0.250. The second-order valence-corrected chi connectivity index (χ2v) is 13.3. The van der Waals surface area contributed by atoms with Gasteiger partial charge in [0.15, 0.2) is 0 Å². The van der Waals surface area contributed by atoms with E-state index < -0.39 is 23.1 Å². The zero-order valence-corrected chi connectivity index (χ0v) is 26.6. The number of nitrogens with one attached hydrogen (secondary N) is 2. The molecule has 230 valence electrons. The zero-order chi connectivity index (χ0) is 31.4. The molecule has 4 rings (SSSR count). The van der Waals surface area contributed by atoms with Crippen LogP contribution in [0.3, 0.4) is 0 Å². The first-order chi connectivity index (χ1) is 20.3. The molecule has 0 saturated carbocycles. The van der Waals surface area contributed by atoms with Gasteiger partial charge in [-0.15, -0.1) is 11.3 Å². The lowest BCUT2D eigenvalue weighted by molar-refractivity contribution is -0.148. The Labute approximate surface area is 257 Å². The van der Waals surface area contributed by atoms with E-state index in [1.54, 1.807) is 25.4 Å². The Bertz CT molecular complexity index is 1430. The van der Waals surface area contributed by atoms with E-state index in [0.717, 1.165) is 33.0 Å². The topological polar surface area (TPSA) is 121 Å². The smallest absolute Gasteiger partial charge is 0.246 e. The lowest BCUT2D eigenvalue weighted by atomic mass is 9.84. The van der Waals surface area contributed by atoms with E-state index in [9.17, 15) is 19.5 Å². The van der Waals surface area contributed by atoms with Gasteiger partial charge >= 0.3 is 0 Å². The van der Waals surface area contributed by atoms with Gasteiger partial charge in [-0.2, -0.15) is 0 Å². The van der Waals surface area contributed by atoms with Gasteiger partial charge in [-0.25, -0.2) is 4.98 Å². The molecule has 1 saturated heterocycles. The summed E-state index contributed by atoms with van der Waals surface area (Å²) < 4.78 is 5.19. The molecule has 3 amide bonds. The first-order valence-corrected chi connectivity index (χ1v) is 15.4. The molecule has 2 aromatic carbocycles. The number of benzene rings is 2. The highest BCUT2D eigenvalue weighted by Gasteiger charge is 2.52. The number of aliphatic hydroxyl groups excluding tert-OH is 1. The number of hydrogen-bond donors (Lipinski definition) is 3. The van der Waals surface area contributed by atoms with E-state index in [1.807, 2.05) is 81.7 Å². The van der Waals surface area contributed by atoms with Crippen LogP contribution in [0.25, 0.3) is 10.4 Å². The number of rotatable bonds is 10. The fourth-order valence-electron chi connectivity index (χ4n) is 5.41. The van der Waals surface area contributed by atoms with Crippen LogP contribution in [0.5, 0.6) is 5.75 Å². The number of likely N-dealkylation sites (tertiary alicyclic amines) is 1. The van der Waals surface area contributed by atoms with E-state index >= 15 is 0 Å². The van der Waals surface area contributed by atoms with Crippen molar-refractivity contribution in [3.8, 4) is 16.2 Å². The number of β-amino-alcohol motifs (C(OH)–C–C–N with tert-alkyl or cyclic N) is 1. The predicted molar refractivity (Wildman–Crippen MR) is 168 cm³/mol. The third kappa shape index (κ3) is 7.61. The maximum Gasteiger partial charge on any atom is 0.246 e. The molecular weight excluding hydrogens is 564 g/mol. The highest BCUT2D eigenvalue weighted by Crippen LogP contribution is 2.33. The molecule has 1 aromatic heterocycles. The Morgan fingerprint density at radius 3 is 2.35 bits per heavy atom. The molecule has 0 radical (unpaired) electrons. The van der Waals surface area contributed by atoms with Crippen molar-refractivity contribution in [1.29, 1.82) is 0 Å². The van der Waals surface area contributed by atoms with Crippen LogP contribution in [0, 0.1) is 12.3 Å². The van der Waals surface area contributed by atoms with Gasteiger partial charge in [0.2, 0.25) is 17.7 Å². The first-order valence-electron chi connectivity index (χ1n) is 14.5. The number of carbonyl (C=O) groups excluding carboxylic acids is 3. The highest BCUT2D eigenvalue weighted by atomic mass is 32.1. The molecule has 1 aliphatic rings. The number of aliphatic hydroxyl groups is 1. The van der Waals surface area contributed by atoms with Crippen LogP contribution in [0.2, 0.25) is 0 Å². The Morgan fingerprint density at radius 1 is 1.12 bits per heavy atom. The van der Waals surface area contributed by atoms with E-state index in [-0.39, 0.29) is 43.7 Å².